The van der Waals surface area contributed by atoms with E-state index in [1.807, 2.05) is 0 Å². The van der Waals surface area contributed by atoms with Crippen LogP contribution in [-0.2, 0) is 10.3 Å². The SMILES string of the molecule is CCC(NC(=O)c1cc(OC)ccc1OC)(C(=O)O)c1ccc(Cl)cc1. The van der Waals surface area contributed by atoms with Crippen molar-refractivity contribution in [3.05, 3.63) is 58.6 Å². The molecule has 0 aliphatic heterocycles. The van der Waals surface area contributed by atoms with Crippen LogP contribution in [-0.4, -0.2) is 31.2 Å². The average molecular weight is 378 g/mol. The van der Waals surface area contributed by atoms with Crippen molar-refractivity contribution in [1.29, 1.82) is 0 Å². The number of aliphatic carboxylic acids is 1. The molecule has 1 amide bonds. The third kappa shape index (κ3) is 3.75. The minimum atomic E-state index is -1.60. The summed E-state index contributed by atoms with van der Waals surface area (Å²) in [5, 5.41) is 13.0. The number of hydrogen-bond donors (Lipinski definition) is 2. The number of hydrogen-bond acceptors (Lipinski definition) is 4. The van der Waals surface area contributed by atoms with Crippen molar-refractivity contribution in [2.24, 2.45) is 0 Å². The van der Waals surface area contributed by atoms with Crippen molar-refractivity contribution in [2.75, 3.05) is 14.2 Å². The maximum atomic E-state index is 12.9. The molecule has 0 aromatic heterocycles. The minimum Gasteiger partial charge on any atom is -0.497 e. The van der Waals surface area contributed by atoms with Crippen LogP contribution in [0.2, 0.25) is 5.02 Å². The summed E-state index contributed by atoms with van der Waals surface area (Å²) >= 11 is 5.89. The van der Waals surface area contributed by atoms with Gasteiger partial charge in [0.05, 0.1) is 19.8 Å². The average Bonchev–Trinajstić information content (AvgIpc) is 2.65. The Labute approximate surface area is 156 Å². The second kappa shape index (κ2) is 8.10. The van der Waals surface area contributed by atoms with Gasteiger partial charge in [-0.25, -0.2) is 4.79 Å². The molecule has 2 aromatic carbocycles. The number of benzene rings is 2. The second-order valence-corrected chi connectivity index (χ2v) is 6.03. The van der Waals surface area contributed by atoms with Gasteiger partial charge in [-0.15, -0.1) is 0 Å². The van der Waals surface area contributed by atoms with E-state index in [2.05, 4.69) is 5.32 Å². The molecular weight excluding hydrogens is 358 g/mol. The molecule has 0 bridgehead atoms. The van der Waals surface area contributed by atoms with Crippen LogP contribution in [0, 0.1) is 0 Å². The maximum absolute atomic E-state index is 12.9. The predicted octanol–water partition coefficient (Wildman–Crippen LogP) is 3.48. The van der Waals surface area contributed by atoms with Crippen LogP contribution < -0.4 is 14.8 Å². The van der Waals surface area contributed by atoms with Crippen LogP contribution in [0.1, 0.15) is 29.3 Å². The second-order valence-electron chi connectivity index (χ2n) is 5.59. The largest absolute Gasteiger partial charge is 0.497 e. The first kappa shape index (κ1) is 19.6. The van der Waals surface area contributed by atoms with E-state index >= 15 is 0 Å². The number of carbonyl (C=O) groups excluding carboxylic acids is 1. The number of nitrogens with one attached hydrogen (secondary N) is 1. The van der Waals surface area contributed by atoms with Crippen LogP contribution in [0.4, 0.5) is 0 Å². The third-order valence-electron chi connectivity index (χ3n) is 4.21. The molecule has 138 valence electrons. The number of rotatable bonds is 7. The van der Waals surface area contributed by atoms with Gasteiger partial charge in [-0.1, -0.05) is 30.7 Å². The molecule has 0 saturated heterocycles. The van der Waals surface area contributed by atoms with Gasteiger partial charge >= 0.3 is 5.97 Å². The topological polar surface area (TPSA) is 84.9 Å². The minimum absolute atomic E-state index is 0.141. The highest BCUT2D eigenvalue weighted by Crippen LogP contribution is 2.30. The molecule has 1 atom stereocenters. The Morgan fingerprint density at radius 1 is 1.12 bits per heavy atom. The van der Waals surface area contributed by atoms with Crippen LogP contribution >= 0.6 is 11.6 Å². The Balaban J connectivity index is 2.48. The number of carboxylic acid groups (broad SMARTS) is 1. The van der Waals surface area contributed by atoms with E-state index in [1.165, 1.54) is 20.3 Å². The Bertz CT molecular complexity index is 806. The van der Waals surface area contributed by atoms with Gasteiger partial charge in [0.15, 0.2) is 5.54 Å². The van der Waals surface area contributed by atoms with Gasteiger partial charge in [-0.3, -0.25) is 4.79 Å². The molecule has 0 radical (unpaired) electrons. The first-order chi connectivity index (χ1) is 12.4. The molecule has 0 saturated carbocycles. The van der Waals surface area contributed by atoms with E-state index < -0.39 is 17.4 Å². The highest BCUT2D eigenvalue weighted by atomic mass is 35.5. The van der Waals surface area contributed by atoms with Crippen molar-refractivity contribution in [3.63, 3.8) is 0 Å². The lowest BCUT2D eigenvalue weighted by molar-refractivity contribution is -0.145. The van der Waals surface area contributed by atoms with Crippen molar-refractivity contribution >= 4 is 23.5 Å². The lowest BCUT2D eigenvalue weighted by Gasteiger charge is -2.30. The smallest absolute Gasteiger partial charge is 0.334 e. The fraction of sp³-hybridized carbons (Fsp3) is 0.263. The number of amides is 1. The zero-order valence-corrected chi connectivity index (χ0v) is 15.5. The summed E-state index contributed by atoms with van der Waals surface area (Å²) in [6.45, 7) is 1.69. The van der Waals surface area contributed by atoms with Crippen LogP contribution in [0.25, 0.3) is 0 Å². The van der Waals surface area contributed by atoms with Crippen molar-refractivity contribution in [3.8, 4) is 11.5 Å². The number of carboxylic acids is 1. The molecule has 1 unspecified atom stereocenters. The number of ether oxygens (including phenoxy) is 2. The first-order valence-corrected chi connectivity index (χ1v) is 8.29. The predicted molar refractivity (Wildman–Crippen MR) is 98.1 cm³/mol. The lowest BCUT2D eigenvalue weighted by Crippen LogP contribution is -2.51. The van der Waals surface area contributed by atoms with E-state index in [0.29, 0.717) is 22.1 Å². The van der Waals surface area contributed by atoms with Gasteiger partial charge in [0, 0.05) is 5.02 Å². The van der Waals surface area contributed by atoms with Crippen molar-refractivity contribution < 1.29 is 24.2 Å². The van der Waals surface area contributed by atoms with Crippen LogP contribution in [0.3, 0.4) is 0 Å². The van der Waals surface area contributed by atoms with Gasteiger partial charge in [-0.2, -0.15) is 0 Å². The lowest BCUT2D eigenvalue weighted by atomic mass is 9.86. The summed E-state index contributed by atoms with van der Waals surface area (Å²) in [5.41, 5.74) is -0.998. The number of halogens is 1. The first-order valence-electron chi connectivity index (χ1n) is 7.92. The summed E-state index contributed by atoms with van der Waals surface area (Å²) in [7, 11) is 2.91. The molecule has 6 nitrogen and oxygen atoms in total. The van der Waals surface area contributed by atoms with Crippen LogP contribution in [0.5, 0.6) is 11.5 Å². The molecule has 7 heteroatoms. The van der Waals surface area contributed by atoms with E-state index in [9.17, 15) is 14.7 Å². The Morgan fingerprint density at radius 3 is 2.27 bits per heavy atom. The molecule has 2 N–H and O–H groups in total. The molecular formula is C19H20ClNO5. The molecule has 2 rings (SSSR count). The van der Waals surface area contributed by atoms with E-state index in [1.54, 1.807) is 43.3 Å². The van der Waals surface area contributed by atoms with Gasteiger partial charge in [0.1, 0.15) is 11.5 Å². The molecule has 0 heterocycles. The van der Waals surface area contributed by atoms with Crippen molar-refractivity contribution in [1.82, 2.24) is 5.32 Å². The van der Waals surface area contributed by atoms with E-state index in [-0.39, 0.29) is 12.0 Å². The normalized spacial score (nSPS) is 12.8. The summed E-state index contributed by atoms with van der Waals surface area (Å²) < 4.78 is 10.4. The highest BCUT2D eigenvalue weighted by Gasteiger charge is 2.41. The van der Waals surface area contributed by atoms with Gasteiger partial charge in [0.25, 0.3) is 5.91 Å². The Kier molecular flexibility index (Phi) is 6.10. The molecule has 26 heavy (non-hydrogen) atoms. The van der Waals surface area contributed by atoms with Gasteiger partial charge in [-0.05, 0) is 42.3 Å². The summed E-state index contributed by atoms with van der Waals surface area (Å²) in [6, 6.07) is 11.1. The zero-order valence-electron chi connectivity index (χ0n) is 14.7. The summed E-state index contributed by atoms with van der Waals surface area (Å²) in [6.07, 6.45) is 0.141. The standard InChI is InChI=1S/C19H20ClNO5/c1-4-19(18(23)24,12-5-7-13(20)8-6-12)21-17(22)15-11-14(25-2)9-10-16(15)26-3/h5-11H,4H2,1-3H3,(H,21,22)(H,23,24). The fourth-order valence-corrected chi connectivity index (χ4v) is 2.81. The molecule has 0 spiro atoms. The summed E-state index contributed by atoms with van der Waals surface area (Å²) in [5.74, 6) is -0.979. The Morgan fingerprint density at radius 2 is 1.77 bits per heavy atom. The number of carbonyl (C=O) groups is 2. The zero-order chi connectivity index (χ0) is 19.3. The van der Waals surface area contributed by atoms with Gasteiger partial charge < -0.3 is 19.9 Å². The Hall–Kier alpha value is -2.73. The van der Waals surface area contributed by atoms with Crippen LogP contribution in [0.15, 0.2) is 42.5 Å². The maximum Gasteiger partial charge on any atom is 0.334 e. The monoisotopic (exact) mass is 377 g/mol. The molecule has 0 aliphatic carbocycles. The quantitative estimate of drug-likeness (QED) is 0.771. The number of methoxy groups -OCH3 is 2. The highest BCUT2D eigenvalue weighted by molar-refractivity contribution is 6.30. The van der Waals surface area contributed by atoms with E-state index in [4.69, 9.17) is 21.1 Å². The fourth-order valence-electron chi connectivity index (χ4n) is 2.68. The molecule has 2 aromatic rings. The molecule has 0 fully saturated rings. The summed E-state index contributed by atoms with van der Waals surface area (Å²) in [4.78, 5) is 25.0. The van der Waals surface area contributed by atoms with Crippen molar-refractivity contribution in [2.45, 2.75) is 18.9 Å². The van der Waals surface area contributed by atoms with Gasteiger partial charge in [0.2, 0.25) is 0 Å². The van der Waals surface area contributed by atoms with E-state index in [0.717, 1.165) is 0 Å². The molecule has 0 aliphatic rings. The third-order valence-corrected chi connectivity index (χ3v) is 4.46.